The first-order chi connectivity index (χ1) is 13.6. The number of halogens is 1. The zero-order valence-electron chi connectivity index (χ0n) is 16.0. The number of benzene rings is 2. The fraction of sp³-hybridized carbons (Fsp3) is 0.364. The molecule has 0 aromatic heterocycles. The number of carbonyl (C=O) groups is 2. The van der Waals surface area contributed by atoms with Gasteiger partial charge in [0.25, 0.3) is 0 Å². The standard InChI is InChI=1S/C22H25FN2O3/c1-24(15-16-28-19-12-10-18(23)11-13-19)22(27)21(17-7-3-2-4-8-17)25-14-6-5-9-20(25)26/h2-4,7-8,10-13,21H,5-6,9,14-16H2,1H3. The van der Waals surface area contributed by atoms with Gasteiger partial charge >= 0.3 is 0 Å². The quantitative estimate of drug-likeness (QED) is 0.735. The molecule has 0 spiro atoms. The van der Waals surface area contributed by atoms with Crippen LogP contribution in [-0.2, 0) is 9.59 Å². The van der Waals surface area contributed by atoms with Gasteiger partial charge in [0.05, 0.1) is 6.54 Å². The van der Waals surface area contributed by atoms with Crippen LogP contribution in [0.2, 0.25) is 0 Å². The molecule has 1 atom stereocenters. The Morgan fingerprint density at radius 2 is 1.86 bits per heavy atom. The zero-order chi connectivity index (χ0) is 19.9. The number of hydrogen-bond donors (Lipinski definition) is 0. The van der Waals surface area contributed by atoms with Crippen molar-refractivity contribution in [2.75, 3.05) is 26.7 Å². The van der Waals surface area contributed by atoms with Gasteiger partial charge in [0.2, 0.25) is 11.8 Å². The molecule has 1 saturated heterocycles. The summed E-state index contributed by atoms with van der Waals surface area (Å²) in [5.74, 6) is 0.109. The van der Waals surface area contributed by atoms with Crippen LogP contribution in [0, 0.1) is 5.82 Å². The van der Waals surface area contributed by atoms with Crippen LogP contribution in [0.1, 0.15) is 30.9 Å². The maximum atomic E-state index is 13.2. The summed E-state index contributed by atoms with van der Waals surface area (Å²) in [6.45, 7) is 1.23. The van der Waals surface area contributed by atoms with E-state index in [4.69, 9.17) is 4.74 Å². The third-order valence-electron chi connectivity index (χ3n) is 4.91. The molecule has 6 heteroatoms. The van der Waals surface area contributed by atoms with Crippen molar-refractivity contribution in [2.45, 2.75) is 25.3 Å². The minimum Gasteiger partial charge on any atom is -0.492 e. The fourth-order valence-electron chi connectivity index (χ4n) is 3.34. The van der Waals surface area contributed by atoms with Crippen molar-refractivity contribution in [2.24, 2.45) is 0 Å². The number of ether oxygens (including phenoxy) is 1. The molecule has 1 heterocycles. The van der Waals surface area contributed by atoms with Crippen molar-refractivity contribution in [3.63, 3.8) is 0 Å². The average molecular weight is 384 g/mol. The minimum atomic E-state index is -0.621. The van der Waals surface area contributed by atoms with Crippen molar-refractivity contribution in [1.29, 1.82) is 0 Å². The fourth-order valence-corrected chi connectivity index (χ4v) is 3.34. The summed E-state index contributed by atoms with van der Waals surface area (Å²) >= 11 is 0. The van der Waals surface area contributed by atoms with Crippen LogP contribution in [0.5, 0.6) is 5.75 Å². The van der Waals surface area contributed by atoms with Crippen molar-refractivity contribution in [3.8, 4) is 5.75 Å². The molecule has 0 saturated carbocycles. The van der Waals surface area contributed by atoms with Gasteiger partial charge in [-0.2, -0.15) is 0 Å². The van der Waals surface area contributed by atoms with E-state index in [-0.39, 0.29) is 24.2 Å². The van der Waals surface area contributed by atoms with Crippen molar-refractivity contribution in [3.05, 3.63) is 66.0 Å². The maximum Gasteiger partial charge on any atom is 0.249 e. The molecule has 0 radical (unpaired) electrons. The molecule has 5 nitrogen and oxygen atoms in total. The maximum absolute atomic E-state index is 13.2. The lowest BCUT2D eigenvalue weighted by Crippen LogP contribution is -2.46. The van der Waals surface area contributed by atoms with Crippen molar-refractivity contribution in [1.82, 2.24) is 9.80 Å². The lowest BCUT2D eigenvalue weighted by molar-refractivity contribution is -0.147. The molecule has 2 aromatic rings. The monoisotopic (exact) mass is 384 g/mol. The Bertz CT molecular complexity index is 795. The molecule has 1 unspecified atom stereocenters. The molecule has 2 aromatic carbocycles. The van der Waals surface area contributed by atoms with E-state index in [1.807, 2.05) is 30.3 Å². The van der Waals surface area contributed by atoms with E-state index >= 15 is 0 Å². The molecule has 3 rings (SSSR count). The number of piperidine rings is 1. The summed E-state index contributed by atoms with van der Waals surface area (Å²) in [6, 6.07) is 14.6. The highest BCUT2D eigenvalue weighted by molar-refractivity contribution is 5.89. The Kier molecular flexibility index (Phi) is 6.63. The first-order valence-electron chi connectivity index (χ1n) is 9.54. The topological polar surface area (TPSA) is 49.9 Å². The van der Waals surface area contributed by atoms with Gasteiger partial charge in [0.1, 0.15) is 24.2 Å². The molecule has 0 bridgehead atoms. The van der Waals surface area contributed by atoms with Crippen LogP contribution < -0.4 is 4.74 Å². The lowest BCUT2D eigenvalue weighted by Gasteiger charge is -2.36. The van der Waals surface area contributed by atoms with Gasteiger partial charge in [-0.05, 0) is 42.7 Å². The Balaban J connectivity index is 1.67. The number of likely N-dealkylation sites (tertiary alicyclic amines) is 1. The van der Waals surface area contributed by atoms with E-state index in [1.165, 1.54) is 12.1 Å². The molecule has 1 aliphatic heterocycles. The number of amides is 2. The van der Waals surface area contributed by atoms with E-state index in [1.54, 1.807) is 29.0 Å². The summed E-state index contributed by atoms with van der Waals surface area (Å²) in [5.41, 5.74) is 0.814. The van der Waals surface area contributed by atoms with Crippen molar-refractivity contribution >= 4 is 11.8 Å². The highest BCUT2D eigenvalue weighted by Crippen LogP contribution is 2.27. The van der Waals surface area contributed by atoms with Gasteiger partial charge in [0, 0.05) is 20.0 Å². The second kappa shape index (κ2) is 9.35. The third-order valence-corrected chi connectivity index (χ3v) is 4.91. The summed E-state index contributed by atoms with van der Waals surface area (Å²) in [4.78, 5) is 28.9. The van der Waals surface area contributed by atoms with Gasteiger partial charge in [-0.15, -0.1) is 0 Å². The predicted octanol–water partition coefficient (Wildman–Crippen LogP) is 3.42. The Hall–Kier alpha value is -2.89. The number of likely N-dealkylation sites (N-methyl/N-ethyl adjacent to an activating group) is 1. The number of nitrogens with zero attached hydrogens (tertiary/aromatic N) is 2. The summed E-state index contributed by atoms with van der Waals surface area (Å²) in [7, 11) is 1.71. The molecule has 0 aliphatic carbocycles. The number of rotatable bonds is 7. The van der Waals surface area contributed by atoms with Gasteiger partial charge in [0.15, 0.2) is 0 Å². The predicted molar refractivity (Wildman–Crippen MR) is 104 cm³/mol. The summed E-state index contributed by atoms with van der Waals surface area (Å²) < 4.78 is 18.6. The van der Waals surface area contributed by atoms with Crippen molar-refractivity contribution < 1.29 is 18.7 Å². The summed E-state index contributed by atoms with van der Waals surface area (Å²) in [5, 5.41) is 0. The Morgan fingerprint density at radius 1 is 1.14 bits per heavy atom. The highest BCUT2D eigenvalue weighted by atomic mass is 19.1. The molecule has 0 N–H and O–H groups in total. The first kappa shape index (κ1) is 19.9. The molecule has 148 valence electrons. The second-order valence-corrected chi connectivity index (χ2v) is 6.92. The Morgan fingerprint density at radius 3 is 2.54 bits per heavy atom. The van der Waals surface area contributed by atoms with Gasteiger partial charge < -0.3 is 14.5 Å². The van der Waals surface area contributed by atoms with E-state index in [9.17, 15) is 14.0 Å². The van der Waals surface area contributed by atoms with E-state index in [0.29, 0.717) is 25.3 Å². The molecular formula is C22H25FN2O3. The SMILES string of the molecule is CN(CCOc1ccc(F)cc1)C(=O)C(c1ccccc1)N1CCCCC1=O. The third kappa shape index (κ3) is 4.88. The molecule has 28 heavy (non-hydrogen) atoms. The number of hydrogen-bond acceptors (Lipinski definition) is 3. The van der Waals surface area contributed by atoms with Crippen LogP contribution in [0.15, 0.2) is 54.6 Å². The van der Waals surface area contributed by atoms with Gasteiger partial charge in [-0.25, -0.2) is 4.39 Å². The molecule has 2 amide bonds. The lowest BCUT2D eigenvalue weighted by atomic mass is 10.00. The number of carbonyl (C=O) groups excluding carboxylic acids is 2. The van der Waals surface area contributed by atoms with E-state index < -0.39 is 6.04 Å². The first-order valence-corrected chi connectivity index (χ1v) is 9.54. The van der Waals surface area contributed by atoms with Crippen LogP contribution in [0.4, 0.5) is 4.39 Å². The molecule has 1 fully saturated rings. The molecule has 1 aliphatic rings. The highest BCUT2D eigenvalue weighted by Gasteiger charge is 2.34. The van der Waals surface area contributed by atoms with Gasteiger partial charge in [-0.1, -0.05) is 30.3 Å². The molecular weight excluding hydrogens is 359 g/mol. The minimum absolute atomic E-state index is 0.0180. The van der Waals surface area contributed by atoms with Gasteiger partial charge in [-0.3, -0.25) is 9.59 Å². The Labute approximate surface area is 164 Å². The van der Waals surface area contributed by atoms with E-state index in [2.05, 4.69) is 0 Å². The average Bonchev–Trinajstić information content (AvgIpc) is 2.72. The smallest absolute Gasteiger partial charge is 0.249 e. The largest absolute Gasteiger partial charge is 0.492 e. The van der Waals surface area contributed by atoms with E-state index in [0.717, 1.165) is 18.4 Å². The van der Waals surface area contributed by atoms with Crippen LogP contribution in [-0.4, -0.2) is 48.4 Å². The van der Waals surface area contributed by atoms with Crippen LogP contribution >= 0.6 is 0 Å². The zero-order valence-corrected chi connectivity index (χ0v) is 16.0. The normalized spacial score (nSPS) is 15.2. The van der Waals surface area contributed by atoms with Crippen LogP contribution in [0.3, 0.4) is 0 Å². The second-order valence-electron chi connectivity index (χ2n) is 6.92. The van der Waals surface area contributed by atoms with Crippen LogP contribution in [0.25, 0.3) is 0 Å². The summed E-state index contributed by atoms with van der Waals surface area (Å²) in [6.07, 6.45) is 2.25.